The molecule has 1 atom stereocenters. The zero-order chi connectivity index (χ0) is 15.5. The van der Waals surface area contributed by atoms with Crippen LogP contribution >= 0.6 is 0 Å². The predicted molar refractivity (Wildman–Crippen MR) is 81.9 cm³/mol. The van der Waals surface area contributed by atoms with Gasteiger partial charge in [-0.3, -0.25) is 9.48 Å². The van der Waals surface area contributed by atoms with Crippen molar-refractivity contribution in [1.29, 1.82) is 0 Å². The second kappa shape index (κ2) is 6.79. The molecule has 0 spiro atoms. The van der Waals surface area contributed by atoms with Gasteiger partial charge < -0.3 is 14.4 Å². The largest absolute Gasteiger partial charge is 0.381 e. The molecule has 0 radical (unpaired) electrons. The Hall–Kier alpha value is -1.40. The summed E-state index contributed by atoms with van der Waals surface area (Å²) >= 11 is 0. The Morgan fingerprint density at radius 1 is 1.50 bits per heavy atom. The molecule has 1 aromatic heterocycles. The van der Waals surface area contributed by atoms with E-state index in [1.807, 2.05) is 20.3 Å². The van der Waals surface area contributed by atoms with E-state index in [2.05, 4.69) is 5.10 Å². The van der Waals surface area contributed by atoms with Gasteiger partial charge in [-0.15, -0.1) is 0 Å². The molecular formula is C16H25N3O3. The molecule has 1 unspecified atom stereocenters. The molecule has 1 amide bonds. The van der Waals surface area contributed by atoms with Gasteiger partial charge in [-0.2, -0.15) is 5.10 Å². The summed E-state index contributed by atoms with van der Waals surface area (Å²) in [5, 5.41) is 4.48. The SMILES string of the molecule is CN(CCOCC1CC1)C(=O)c1cn(C)nc1C1CCOC1. The molecule has 22 heavy (non-hydrogen) atoms. The van der Waals surface area contributed by atoms with Crippen molar-refractivity contribution in [3.05, 3.63) is 17.5 Å². The second-order valence-corrected chi connectivity index (χ2v) is 6.41. The fraction of sp³-hybridized carbons (Fsp3) is 0.750. The third-order valence-electron chi connectivity index (χ3n) is 4.37. The van der Waals surface area contributed by atoms with Gasteiger partial charge >= 0.3 is 0 Å². The van der Waals surface area contributed by atoms with Crippen molar-refractivity contribution in [3.63, 3.8) is 0 Å². The number of carbonyl (C=O) groups is 1. The molecule has 2 fully saturated rings. The minimum absolute atomic E-state index is 0.0185. The van der Waals surface area contributed by atoms with Gasteiger partial charge in [-0.25, -0.2) is 0 Å². The van der Waals surface area contributed by atoms with E-state index in [1.54, 1.807) is 9.58 Å². The van der Waals surface area contributed by atoms with Crippen molar-refractivity contribution in [2.24, 2.45) is 13.0 Å². The zero-order valence-electron chi connectivity index (χ0n) is 13.5. The summed E-state index contributed by atoms with van der Waals surface area (Å²) in [6, 6.07) is 0. The van der Waals surface area contributed by atoms with Crippen molar-refractivity contribution >= 4 is 5.91 Å². The van der Waals surface area contributed by atoms with Crippen molar-refractivity contribution in [2.45, 2.75) is 25.2 Å². The van der Waals surface area contributed by atoms with Crippen molar-refractivity contribution < 1.29 is 14.3 Å². The summed E-state index contributed by atoms with van der Waals surface area (Å²) < 4.78 is 12.8. The first-order valence-corrected chi connectivity index (χ1v) is 8.09. The van der Waals surface area contributed by atoms with Gasteiger partial charge in [0.15, 0.2) is 0 Å². The highest BCUT2D eigenvalue weighted by atomic mass is 16.5. The number of amides is 1. The number of aryl methyl sites for hydroxylation is 1. The highest BCUT2D eigenvalue weighted by molar-refractivity contribution is 5.95. The third kappa shape index (κ3) is 3.67. The van der Waals surface area contributed by atoms with Crippen LogP contribution < -0.4 is 0 Å². The second-order valence-electron chi connectivity index (χ2n) is 6.41. The number of ether oxygens (including phenoxy) is 2. The lowest BCUT2D eigenvalue weighted by atomic mass is 10.0. The number of rotatable bonds is 7. The van der Waals surface area contributed by atoms with Crippen LogP contribution in [0.3, 0.4) is 0 Å². The van der Waals surface area contributed by atoms with Crippen LogP contribution in [0, 0.1) is 5.92 Å². The Kier molecular flexibility index (Phi) is 4.78. The predicted octanol–water partition coefficient (Wildman–Crippen LogP) is 1.42. The molecule has 2 aliphatic rings. The van der Waals surface area contributed by atoms with Gasteiger partial charge in [0.1, 0.15) is 0 Å². The molecule has 1 saturated heterocycles. The molecule has 0 bridgehead atoms. The molecule has 122 valence electrons. The Morgan fingerprint density at radius 2 is 2.32 bits per heavy atom. The summed E-state index contributed by atoms with van der Waals surface area (Å²) in [5.41, 5.74) is 1.57. The van der Waals surface area contributed by atoms with Crippen LogP contribution in [0.1, 0.15) is 41.2 Å². The van der Waals surface area contributed by atoms with Gasteiger partial charge in [-0.1, -0.05) is 0 Å². The number of hydrogen-bond donors (Lipinski definition) is 0. The molecule has 3 rings (SSSR count). The standard InChI is InChI=1S/C16H25N3O3/c1-18(6-8-22-10-12-3-4-12)16(20)14-9-19(2)17-15(14)13-5-7-21-11-13/h9,12-13H,3-8,10-11H2,1-2H3. The maximum atomic E-state index is 12.7. The van der Waals surface area contributed by atoms with E-state index in [4.69, 9.17) is 9.47 Å². The Labute approximate surface area is 131 Å². The minimum Gasteiger partial charge on any atom is -0.381 e. The highest BCUT2D eigenvalue weighted by Gasteiger charge is 2.28. The average molecular weight is 307 g/mol. The van der Waals surface area contributed by atoms with E-state index in [-0.39, 0.29) is 11.8 Å². The van der Waals surface area contributed by atoms with Gasteiger partial charge in [0.05, 0.1) is 24.5 Å². The molecule has 0 N–H and O–H groups in total. The molecule has 0 aromatic carbocycles. The minimum atomic E-state index is 0.0185. The molecule has 1 saturated carbocycles. The van der Waals surface area contributed by atoms with E-state index < -0.39 is 0 Å². The van der Waals surface area contributed by atoms with Gasteiger partial charge in [0, 0.05) is 46.0 Å². The lowest BCUT2D eigenvalue weighted by molar-refractivity contribution is 0.0679. The van der Waals surface area contributed by atoms with E-state index in [0.29, 0.717) is 25.3 Å². The maximum Gasteiger partial charge on any atom is 0.257 e. The fourth-order valence-corrected chi connectivity index (χ4v) is 2.77. The Morgan fingerprint density at radius 3 is 3.00 bits per heavy atom. The molecule has 6 heteroatoms. The van der Waals surface area contributed by atoms with Crippen LogP contribution in [-0.2, 0) is 16.5 Å². The van der Waals surface area contributed by atoms with Crippen LogP contribution in [0.5, 0.6) is 0 Å². The van der Waals surface area contributed by atoms with Crippen molar-refractivity contribution in [3.8, 4) is 0 Å². The van der Waals surface area contributed by atoms with Crippen molar-refractivity contribution in [2.75, 3.05) is 40.0 Å². The summed E-state index contributed by atoms with van der Waals surface area (Å²) in [6.45, 7) is 3.45. The maximum absolute atomic E-state index is 12.7. The van der Waals surface area contributed by atoms with E-state index in [9.17, 15) is 4.79 Å². The molecule has 1 aliphatic heterocycles. The topological polar surface area (TPSA) is 56.6 Å². The average Bonchev–Trinajstić information content (AvgIpc) is 3.00. The number of hydrogen-bond acceptors (Lipinski definition) is 4. The molecule has 1 aromatic rings. The molecule has 6 nitrogen and oxygen atoms in total. The summed E-state index contributed by atoms with van der Waals surface area (Å²) in [7, 11) is 3.68. The van der Waals surface area contributed by atoms with Gasteiger partial charge in [0.25, 0.3) is 5.91 Å². The zero-order valence-corrected chi connectivity index (χ0v) is 13.5. The molecule has 2 heterocycles. The quantitative estimate of drug-likeness (QED) is 0.715. The van der Waals surface area contributed by atoms with E-state index in [1.165, 1.54) is 12.8 Å². The summed E-state index contributed by atoms with van der Waals surface area (Å²) in [6.07, 6.45) is 5.33. The Balaban J connectivity index is 1.57. The molecule has 1 aliphatic carbocycles. The van der Waals surface area contributed by atoms with Crippen LogP contribution in [0.25, 0.3) is 0 Å². The first-order valence-electron chi connectivity index (χ1n) is 8.09. The number of aromatic nitrogens is 2. The first kappa shape index (κ1) is 15.5. The number of likely N-dealkylation sites (N-methyl/N-ethyl adjacent to an activating group) is 1. The van der Waals surface area contributed by atoms with Crippen LogP contribution in [-0.4, -0.2) is 60.6 Å². The third-order valence-corrected chi connectivity index (χ3v) is 4.37. The lowest BCUT2D eigenvalue weighted by Crippen LogP contribution is -2.31. The van der Waals surface area contributed by atoms with Crippen LogP contribution in [0.15, 0.2) is 6.20 Å². The smallest absolute Gasteiger partial charge is 0.257 e. The van der Waals surface area contributed by atoms with Gasteiger partial charge in [0.2, 0.25) is 0 Å². The van der Waals surface area contributed by atoms with E-state index in [0.717, 1.165) is 31.2 Å². The summed E-state index contributed by atoms with van der Waals surface area (Å²) in [4.78, 5) is 14.4. The first-order chi connectivity index (χ1) is 10.6. The molecular weight excluding hydrogens is 282 g/mol. The van der Waals surface area contributed by atoms with Crippen molar-refractivity contribution in [1.82, 2.24) is 14.7 Å². The van der Waals surface area contributed by atoms with Gasteiger partial charge in [-0.05, 0) is 25.2 Å². The highest BCUT2D eigenvalue weighted by Crippen LogP contribution is 2.29. The normalized spacial score (nSPS) is 21.3. The van der Waals surface area contributed by atoms with E-state index >= 15 is 0 Å². The lowest BCUT2D eigenvalue weighted by Gasteiger charge is -2.18. The monoisotopic (exact) mass is 307 g/mol. The van der Waals surface area contributed by atoms with Crippen LogP contribution in [0.4, 0.5) is 0 Å². The summed E-state index contributed by atoms with van der Waals surface area (Å²) in [5.74, 6) is 1.01. The number of nitrogens with zero attached hydrogens (tertiary/aromatic N) is 3. The number of carbonyl (C=O) groups excluding carboxylic acids is 1. The van der Waals surface area contributed by atoms with Crippen LogP contribution in [0.2, 0.25) is 0 Å². The fourth-order valence-electron chi connectivity index (χ4n) is 2.77. The Bertz CT molecular complexity index is 519.